The maximum Gasteiger partial charge on any atom is 0.240 e. The van der Waals surface area contributed by atoms with Gasteiger partial charge in [0.2, 0.25) is 15.9 Å². The van der Waals surface area contributed by atoms with Crippen molar-refractivity contribution in [3.05, 3.63) is 29.3 Å². The molecule has 12 heteroatoms. The van der Waals surface area contributed by atoms with E-state index in [4.69, 9.17) is 9.47 Å². The van der Waals surface area contributed by atoms with E-state index in [-0.39, 0.29) is 48.1 Å². The van der Waals surface area contributed by atoms with E-state index in [1.165, 1.54) is 0 Å². The minimum Gasteiger partial charge on any atom is -0.379 e. The number of fused-ring (bicyclic) bond motifs is 1. The van der Waals surface area contributed by atoms with Gasteiger partial charge < -0.3 is 14.8 Å². The summed E-state index contributed by atoms with van der Waals surface area (Å²) in [6.07, 6.45) is 5.66. The van der Waals surface area contributed by atoms with Gasteiger partial charge in [-0.2, -0.15) is 0 Å². The summed E-state index contributed by atoms with van der Waals surface area (Å²) in [6.45, 7) is 6.85. The second-order valence-corrected chi connectivity index (χ2v) is 15.3. The number of carbonyl (C=O) groups is 4. The molecule has 4 aliphatic rings. The maximum absolute atomic E-state index is 14.0. The lowest BCUT2D eigenvalue weighted by Gasteiger charge is -2.27. The molecule has 11 nitrogen and oxygen atoms in total. The van der Waals surface area contributed by atoms with Crippen LogP contribution in [0.1, 0.15) is 69.9 Å². The minimum absolute atomic E-state index is 0.00713. The van der Waals surface area contributed by atoms with Gasteiger partial charge >= 0.3 is 0 Å². The Hall–Kier alpha value is -2.51. The van der Waals surface area contributed by atoms with Crippen LogP contribution in [0.4, 0.5) is 0 Å². The van der Waals surface area contributed by atoms with Crippen LogP contribution in [0.15, 0.2) is 23.1 Å². The van der Waals surface area contributed by atoms with Gasteiger partial charge in [0.05, 0.1) is 37.3 Å². The number of morpholine rings is 1. The Bertz CT molecular complexity index is 1380. The number of epoxide rings is 1. The molecule has 4 atom stereocenters. The van der Waals surface area contributed by atoms with Gasteiger partial charge in [-0.05, 0) is 49.3 Å². The fourth-order valence-electron chi connectivity index (χ4n) is 6.92. The molecule has 0 spiro atoms. The molecule has 1 aromatic carbocycles. The number of rotatable bonds is 15. The molecule has 3 heterocycles. The van der Waals surface area contributed by atoms with Gasteiger partial charge in [0.25, 0.3) is 0 Å². The highest BCUT2D eigenvalue weighted by molar-refractivity contribution is 7.89. The predicted molar refractivity (Wildman–Crippen MR) is 166 cm³/mol. The van der Waals surface area contributed by atoms with E-state index in [9.17, 15) is 27.6 Å². The van der Waals surface area contributed by atoms with Crippen LogP contribution >= 0.6 is 0 Å². The number of nitrogens with one attached hydrogen (secondary N) is 2. The van der Waals surface area contributed by atoms with Crippen LogP contribution in [0.3, 0.4) is 0 Å². The molecule has 0 unspecified atom stereocenters. The van der Waals surface area contributed by atoms with Crippen molar-refractivity contribution >= 4 is 33.3 Å². The Morgan fingerprint density at radius 2 is 1.82 bits per heavy atom. The summed E-state index contributed by atoms with van der Waals surface area (Å²) in [5.74, 6) is -1.51. The number of sulfonamides is 1. The third-order valence-corrected chi connectivity index (χ3v) is 11.3. The molecular formula is C33H47N3O8S. The normalized spacial score (nSPS) is 25.1. The number of amides is 1. The standard InChI is InChI=1S/C33H47N3O8S/c1-22(15-27(37)20-36-11-13-43-14-12-36)32(40)35-28(18-24-7-8-30-25(17-24)9-10-34-45(30,41)42)29(38)19-26(16-23-5-3-4-6-23)31(39)33(2)21-44-33/h7-8,17,22-23,26,28,34H,3-6,9-16,18-21H2,1-2H3,(H,35,40)/t22-,26-,28+,33-/m1/s1. The van der Waals surface area contributed by atoms with Crippen LogP contribution in [-0.2, 0) is 51.5 Å². The molecule has 2 N–H and O–H groups in total. The lowest BCUT2D eigenvalue weighted by Crippen LogP contribution is -2.46. The summed E-state index contributed by atoms with van der Waals surface area (Å²) in [6, 6.07) is 4.07. The van der Waals surface area contributed by atoms with Crippen LogP contribution in [0.5, 0.6) is 0 Å². The number of Topliss-reactive ketones (excluding diaryl/α,β-unsaturated/α-hetero) is 3. The van der Waals surface area contributed by atoms with Crippen molar-refractivity contribution in [2.45, 2.75) is 88.2 Å². The van der Waals surface area contributed by atoms with Crippen molar-refractivity contribution < 1.29 is 37.1 Å². The molecule has 0 bridgehead atoms. The van der Waals surface area contributed by atoms with Crippen LogP contribution < -0.4 is 10.0 Å². The SMILES string of the molecule is C[C@H](CC(=O)CN1CCOCC1)C(=O)N[C@@H](Cc1ccc2c(c1)CCNS2(=O)=O)C(=O)C[C@@H](CC1CCCC1)C(=O)[C@@]1(C)CO1. The van der Waals surface area contributed by atoms with Gasteiger partial charge in [0, 0.05) is 44.3 Å². The van der Waals surface area contributed by atoms with Crippen molar-refractivity contribution in [2.75, 3.05) is 46.0 Å². The predicted octanol–water partition coefficient (Wildman–Crippen LogP) is 1.99. The number of hydrogen-bond acceptors (Lipinski definition) is 9. The van der Waals surface area contributed by atoms with Crippen LogP contribution in [0, 0.1) is 17.8 Å². The average Bonchev–Trinajstić information content (AvgIpc) is 3.54. The molecule has 1 saturated carbocycles. The molecule has 1 amide bonds. The largest absolute Gasteiger partial charge is 0.379 e. The molecule has 1 aromatic rings. The zero-order valence-corrected chi connectivity index (χ0v) is 27.3. The molecule has 0 aromatic heterocycles. The molecule has 2 saturated heterocycles. The second-order valence-electron chi connectivity index (χ2n) is 13.5. The van der Waals surface area contributed by atoms with Crippen molar-refractivity contribution in [2.24, 2.45) is 17.8 Å². The Kier molecular flexibility index (Phi) is 10.9. The molecule has 0 radical (unpaired) electrons. The number of carbonyl (C=O) groups excluding carboxylic acids is 4. The summed E-state index contributed by atoms with van der Waals surface area (Å²) in [5.41, 5.74) is 0.533. The van der Waals surface area contributed by atoms with Crippen molar-refractivity contribution in [3.63, 3.8) is 0 Å². The van der Waals surface area contributed by atoms with Gasteiger partial charge in [-0.3, -0.25) is 24.1 Å². The third kappa shape index (κ3) is 8.85. The van der Waals surface area contributed by atoms with E-state index in [0.29, 0.717) is 63.8 Å². The third-order valence-electron chi connectivity index (χ3n) is 9.74. The van der Waals surface area contributed by atoms with Gasteiger partial charge in [0.1, 0.15) is 11.4 Å². The van der Waals surface area contributed by atoms with E-state index in [0.717, 1.165) is 31.2 Å². The van der Waals surface area contributed by atoms with Gasteiger partial charge in [0.15, 0.2) is 11.6 Å². The molecule has 45 heavy (non-hydrogen) atoms. The highest BCUT2D eigenvalue weighted by atomic mass is 32.2. The Morgan fingerprint density at radius 3 is 2.51 bits per heavy atom. The monoisotopic (exact) mass is 645 g/mol. The molecular weight excluding hydrogens is 598 g/mol. The van der Waals surface area contributed by atoms with Crippen LogP contribution in [-0.4, -0.2) is 94.2 Å². The Balaban J connectivity index is 1.31. The first-order chi connectivity index (χ1) is 21.4. The van der Waals surface area contributed by atoms with Crippen LogP contribution in [0.25, 0.3) is 0 Å². The maximum atomic E-state index is 14.0. The van der Waals surface area contributed by atoms with Crippen molar-refractivity contribution in [1.82, 2.24) is 14.9 Å². The summed E-state index contributed by atoms with van der Waals surface area (Å²) < 4.78 is 38.3. The van der Waals surface area contributed by atoms with E-state index in [1.807, 2.05) is 4.90 Å². The van der Waals surface area contributed by atoms with E-state index in [1.54, 1.807) is 32.0 Å². The average molecular weight is 646 g/mol. The lowest BCUT2D eigenvalue weighted by atomic mass is 9.81. The first-order valence-electron chi connectivity index (χ1n) is 16.4. The number of hydrogen-bond donors (Lipinski definition) is 2. The fourth-order valence-corrected chi connectivity index (χ4v) is 8.20. The van der Waals surface area contributed by atoms with Crippen LogP contribution in [0.2, 0.25) is 0 Å². The quantitative estimate of drug-likeness (QED) is 0.273. The van der Waals surface area contributed by atoms with Gasteiger partial charge in [-0.15, -0.1) is 0 Å². The first kappa shape index (κ1) is 33.8. The van der Waals surface area contributed by atoms with Crippen molar-refractivity contribution in [1.29, 1.82) is 0 Å². The second kappa shape index (κ2) is 14.5. The summed E-state index contributed by atoms with van der Waals surface area (Å²) in [7, 11) is -3.58. The topological polar surface area (TPSA) is 151 Å². The molecule has 248 valence electrons. The zero-order valence-electron chi connectivity index (χ0n) is 26.5. The Morgan fingerprint density at radius 1 is 1.11 bits per heavy atom. The minimum atomic E-state index is -3.58. The number of ketones is 3. The van der Waals surface area contributed by atoms with Crippen molar-refractivity contribution in [3.8, 4) is 0 Å². The number of ether oxygens (including phenoxy) is 2. The fraction of sp³-hybridized carbons (Fsp3) is 0.697. The molecule has 5 rings (SSSR count). The highest BCUT2D eigenvalue weighted by Gasteiger charge is 2.50. The number of nitrogens with zero attached hydrogens (tertiary/aromatic N) is 1. The summed E-state index contributed by atoms with van der Waals surface area (Å²) in [5, 5.41) is 2.92. The first-order valence-corrected chi connectivity index (χ1v) is 17.9. The smallest absolute Gasteiger partial charge is 0.240 e. The lowest BCUT2D eigenvalue weighted by molar-refractivity contribution is -0.134. The van der Waals surface area contributed by atoms with E-state index in [2.05, 4.69) is 10.0 Å². The van der Waals surface area contributed by atoms with Gasteiger partial charge in [-0.25, -0.2) is 13.1 Å². The highest BCUT2D eigenvalue weighted by Crippen LogP contribution is 2.37. The zero-order chi connectivity index (χ0) is 32.2. The van der Waals surface area contributed by atoms with E-state index < -0.39 is 39.4 Å². The van der Waals surface area contributed by atoms with E-state index >= 15 is 0 Å². The summed E-state index contributed by atoms with van der Waals surface area (Å²) >= 11 is 0. The molecule has 1 aliphatic carbocycles. The molecule has 3 fully saturated rings. The number of benzene rings is 1. The molecule has 3 aliphatic heterocycles. The summed E-state index contributed by atoms with van der Waals surface area (Å²) in [4.78, 5) is 56.0. The Labute approximate surface area is 266 Å². The van der Waals surface area contributed by atoms with Gasteiger partial charge in [-0.1, -0.05) is 44.7 Å².